The molecule has 2 saturated heterocycles. The fraction of sp³-hybridized carbons (Fsp3) is 0.452. The van der Waals surface area contributed by atoms with Gasteiger partial charge in [-0.3, -0.25) is 19.8 Å². The fourth-order valence-corrected chi connectivity index (χ4v) is 7.83. The van der Waals surface area contributed by atoms with Crippen LogP contribution in [0.5, 0.6) is 0 Å². The number of halogens is 8. The van der Waals surface area contributed by atoms with Crippen LogP contribution in [-0.2, 0) is 25.4 Å². The molecule has 0 saturated carbocycles. The molecule has 2 aliphatic rings. The van der Waals surface area contributed by atoms with Crippen LogP contribution in [0.3, 0.4) is 0 Å². The van der Waals surface area contributed by atoms with E-state index >= 15 is 0 Å². The molecule has 0 N–H and O–H groups in total. The van der Waals surface area contributed by atoms with Crippen LogP contribution in [0.15, 0.2) is 53.9 Å². The van der Waals surface area contributed by atoms with Crippen molar-refractivity contribution in [2.45, 2.75) is 63.2 Å². The van der Waals surface area contributed by atoms with E-state index in [0.29, 0.717) is 81.9 Å². The molecule has 2 aliphatic heterocycles. The number of thiazole rings is 1. The molecule has 4 heterocycles. The van der Waals surface area contributed by atoms with Crippen LogP contribution in [-0.4, -0.2) is 63.2 Å². The first kappa shape index (κ1) is 34.5. The van der Waals surface area contributed by atoms with Gasteiger partial charge in [-0.1, -0.05) is 47.7 Å². The predicted octanol–water partition coefficient (Wildman–Crippen LogP) is 7.87. The van der Waals surface area contributed by atoms with E-state index in [1.807, 2.05) is 35.2 Å². The van der Waals surface area contributed by atoms with E-state index in [0.717, 1.165) is 34.4 Å². The Morgan fingerprint density at radius 1 is 0.688 bits per heavy atom. The molecule has 17 heteroatoms. The quantitative estimate of drug-likeness (QED) is 0.129. The molecule has 0 atom stereocenters. The molecule has 4 aromatic rings. The van der Waals surface area contributed by atoms with Crippen molar-refractivity contribution in [1.29, 1.82) is 0 Å². The summed E-state index contributed by atoms with van der Waals surface area (Å²) in [5.74, 6) is -1.91. The van der Waals surface area contributed by atoms with Crippen LogP contribution >= 0.6 is 22.7 Å². The molecule has 0 unspecified atom stereocenters. The SMILES string of the molecule is Fc1ccc(CN2CCC(N(c3nc(C(F)(F)F)cs3)N(c3nnc(C(F)(F)F)s3)C3CCN(Cc4ccccc4)CC3)CC2)cc1F. The summed E-state index contributed by atoms with van der Waals surface area (Å²) in [6.07, 6.45) is -7.61. The monoisotopic (exact) mass is 717 g/mol. The second-order valence-electron chi connectivity index (χ2n) is 11.8. The zero-order valence-corrected chi connectivity index (χ0v) is 27.0. The van der Waals surface area contributed by atoms with Crippen LogP contribution in [0.2, 0.25) is 0 Å². The zero-order valence-electron chi connectivity index (χ0n) is 25.4. The minimum absolute atomic E-state index is 0.00291. The molecule has 6 rings (SSSR count). The van der Waals surface area contributed by atoms with Gasteiger partial charge in [0, 0.05) is 44.6 Å². The molecule has 48 heavy (non-hydrogen) atoms. The predicted molar refractivity (Wildman–Crippen MR) is 166 cm³/mol. The Labute approximate surface area is 279 Å². The zero-order chi connectivity index (χ0) is 34.1. The van der Waals surface area contributed by atoms with Gasteiger partial charge < -0.3 is 0 Å². The number of hydrazine groups is 1. The van der Waals surface area contributed by atoms with Gasteiger partial charge in [-0.2, -0.15) is 26.3 Å². The Balaban J connectivity index is 1.29. The molecule has 2 fully saturated rings. The van der Waals surface area contributed by atoms with Gasteiger partial charge in [0.25, 0.3) is 0 Å². The molecule has 7 nitrogen and oxygen atoms in total. The highest BCUT2D eigenvalue weighted by Crippen LogP contribution is 2.41. The van der Waals surface area contributed by atoms with Crippen LogP contribution in [0, 0.1) is 11.6 Å². The van der Waals surface area contributed by atoms with Gasteiger partial charge in [0.1, 0.15) is 0 Å². The van der Waals surface area contributed by atoms with Crippen LogP contribution < -0.4 is 10.0 Å². The molecule has 0 amide bonds. The lowest BCUT2D eigenvalue weighted by Gasteiger charge is -2.48. The molecular weight excluding hydrogens is 687 g/mol. The van der Waals surface area contributed by atoms with Crippen LogP contribution in [0.4, 0.5) is 45.4 Å². The molecule has 0 radical (unpaired) electrons. The number of anilines is 2. The molecular formula is C31H31F8N7S2. The first-order valence-electron chi connectivity index (χ1n) is 15.3. The third-order valence-corrected chi connectivity index (χ3v) is 10.3. The smallest absolute Gasteiger partial charge is 0.299 e. The third kappa shape index (κ3) is 8.06. The van der Waals surface area contributed by atoms with Crippen molar-refractivity contribution in [3.63, 3.8) is 0 Å². The molecule has 258 valence electrons. The van der Waals surface area contributed by atoms with Crippen molar-refractivity contribution in [2.75, 3.05) is 36.2 Å². The van der Waals surface area contributed by atoms with Crippen LogP contribution in [0.25, 0.3) is 0 Å². The first-order chi connectivity index (χ1) is 22.8. The maximum Gasteiger partial charge on any atom is 0.445 e. The van der Waals surface area contributed by atoms with Crippen molar-refractivity contribution in [2.24, 2.45) is 0 Å². The molecule has 0 spiro atoms. The topological polar surface area (TPSA) is 51.6 Å². The lowest BCUT2D eigenvalue weighted by molar-refractivity contribution is -0.140. The highest BCUT2D eigenvalue weighted by atomic mass is 32.1. The number of aromatic nitrogens is 3. The number of benzene rings is 2. The summed E-state index contributed by atoms with van der Waals surface area (Å²) in [7, 11) is 0. The van der Waals surface area contributed by atoms with Gasteiger partial charge >= 0.3 is 12.4 Å². The molecule has 0 bridgehead atoms. The van der Waals surface area contributed by atoms with Gasteiger partial charge in [0.15, 0.2) is 17.3 Å². The number of alkyl halides is 6. The highest BCUT2D eigenvalue weighted by Gasteiger charge is 2.42. The number of hydrogen-bond donors (Lipinski definition) is 0. The lowest BCUT2D eigenvalue weighted by atomic mass is 10.0. The van der Waals surface area contributed by atoms with Crippen LogP contribution in [0.1, 0.15) is 47.5 Å². The van der Waals surface area contributed by atoms with E-state index in [2.05, 4.69) is 20.1 Å². The van der Waals surface area contributed by atoms with Gasteiger partial charge in [-0.25, -0.2) is 13.8 Å². The van der Waals surface area contributed by atoms with E-state index in [1.54, 1.807) is 10.0 Å². The van der Waals surface area contributed by atoms with Crippen molar-refractivity contribution >= 4 is 32.9 Å². The summed E-state index contributed by atoms with van der Waals surface area (Å²) in [6.45, 7) is 3.12. The van der Waals surface area contributed by atoms with E-state index in [4.69, 9.17) is 0 Å². The Bertz CT molecular complexity index is 1650. The Hall–Kier alpha value is -3.41. The maximum atomic E-state index is 13.8. The van der Waals surface area contributed by atoms with Crippen molar-refractivity contribution < 1.29 is 35.1 Å². The number of nitrogens with zero attached hydrogens (tertiary/aromatic N) is 7. The third-order valence-electron chi connectivity index (χ3n) is 8.51. The van der Waals surface area contributed by atoms with Gasteiger partial charge in [-0.05, 0) is 48.9 Å². The van der Waals surface area contributed by atoms with E-state index in [1.165, 1.54) is 6.07 Å². The summed E-state index contributed by atoms with van der Waals surface area (Å²) in [4.78, 5) is 8.19. The first-order valence-corrected chi connectivity index (χ1v) is 17.0. The number of piperidine rings is 2. The number of hydrogen-bond acceptors (Lipinski definition) is 9. The largest absolute Gasteiger partial charge is 0.445 e. The fourth-order valence-electron chi connectivity index (χ4n) is 6.15. The average molecular weight is 718 g/mol. The molecule has 2 aromatic heterocycles. The van der Waals surface area contributed by atoms with Crippen molar-refractivity contribution in [3.8, 4) is 0 Å². The van der Waals surface area contributed by atoms with E-state index < -0.39 is 46.8 Å². The van der Waals surface area contributed by atoms with Gasteiger partial charge in [0.2, 0.25) is 15.3 Å². The van der Waals surface area contributed by atoms with Gasteiger partial charge in [0.05, 0.1) is 12.1 Å². The van der Waals surface area contributed by atoms with Crippen molar-refractivity contribution in [1.82, 2.24) is 25.0 Å². The van der Waals surface area contributed by atoms with Gasteiger partial charge in [-0.15, -0.1) is 21.5 Å². The second kappa shape index (κ2) is 14.2. The van der Waals surface area contributed by atoms with E-state index in [-0.39, 0.29) is 10.3 Å². The maximum absolute atomic E-state index is 13.8. The Morgan fingerprint density at radius 3 is 1.79 bits per heavy atom. The second-order valence-corrected chi connectivity index (χ2v) is 13.6. The Morgan fingerprint density at radius 2 is 1.27 bits per heavy atom. The lowest BCUT2D eigenvalue weighted by Crippen LogP contribution is -2.59. The van der Waals surface area contributed by atoms with Crippen molar-refractivity contribution in [3.05, 3.63) is 87.4 Å². The summed E-state index contributed by atoms with van der Waals surface area (Å²) in [5, 5.41) is 10.2. The highest BCUT2D eigenvalue weighted by molar-refractivity contribution is 7.15. The minimum Gasteiger partial charge on any atom is -0.299 e. The average Bonchev–Trinajstić information content (AvgIpc) is 3.75. The summed E-state index contributed by atoms with van der Waals surface area (Å²) >= 11 is 1.12. The summed E-state index contributed by atoms with van der Waals surface area (Å²) in [6, 6.07) is 12.7. The molecule has 0 aliphatic carbocycles. The summed E-state index contributed by atoms with van der Waals surface area (Å²) < 4.78 is 110. The summed E-state index contributed by atoms with van der Waals surface area (Å²) in [5.41, 5.74) is 0.594. The van der Waals surface area contributed by atoms with E-state index in [9.17, 15) is 35.1 Å². The minimum atomic E-state index is -4.75. The normalized spacial score (nSPS) is 17.6. The number of likely N-dealkylation sites (tertiary alicyclic amines) is 2. The standard InChI is InChI=1S/C31H31F8N7S2/c32-24-7-6-21(16-25(24)33)18-44-14-8-22(9-15-44)45(28-40-26(19-47-28)30(34,35)36)46(29-42-41-27(48-29)31(37,38)39)23-10-12-43(13-11-23)17-20-4-2-1-3-5-20/h1-7,16,19,22-23H,8-15,17-18H2. The molecule has 2 aromatic carbocycles. The number of rotatable bonds is 9. The Kier molecular flexibility index (Phi) is 10.2.